The minimum atomic E-state index is -0.695. The largest absolute Gasteiger partial charge is 0.460 e. The summed E-state index contributed by atoms with van der Waals surface area (Å²) in [5, 5.41) is 9.22. The molecule has 8 nitrogen and oxygen atoms in total. The third kappa shape index (κ3) is 2.81. The molecule has 0 bridgehead atoms. The Morgan fingerprint density at radius 1 is 1.60 bits per heavy atom. The van der Waals surface area contributed by atoms with Crippen molar-refractivity contribution in [2.45, 2.75) is 38.7 Å². The monoisotopic (exact) mass is 284 g/mol. The van der Waals surface area contributed by atoms with Crippen LogP contribution in [0.3, 0.4) is 0 Å². The van der Waals surface area contributed by atoms with Gasteiger partial charge in [0.1, 0.15) is 18.4 Å². The Bertz CT molecular complexity index is 619. The van der Waals surface area contributed by atoms with E-state index in [9.17, 15) is 19.5 Å². The molecule has 2 N–H and O–H groups in total. The van der Waals surface area contributed by atoms with Crippen molar-refractivity contribution < 1.29 is 19.4 Å². The molecule has 0 aromatic carbocycles. The summed E-state index contributed by atoms with van der Waals surface area (Å²) in [5.41, 5.74) is -0.699. The number of aromatic amines is 1. The first-order valence-electron chi connectivity index (χ1n) is 6.18. The highest BCUT2D eigenvalue weighted by Gasteiger charge is 2.38. The van der Waals surface area contributed by atoms with Gasteiger partial charge < -0.3 is 14.6 Å². The molecule has 0 radical (unpaired) electrons. The summed E-state index contributed by atoms with van der Waals surface area (Å²) < 4.78 is 11.8. The van der Waals surface area contributed by atoms with E-state index in [2.05, 4.69) is 4.98 Å². The number of hydrogen-bond acceptors (Lipinski definition) is 6. The van der Waals surface area contributed by atoms with E-state index in [0.29, 0.717) is 5.56 Å². The molecule has 0 saturated carbocycles. The van der Waals surface area contributed by atoms with E-state index in [1.165, 1.54) is 17.7 Å². The summed E-state index contributed by atoms with van der Waals surface area (Å²) in [5.74, 6) is -0.484. The van der Waals surface area contributed by atoms with Gasteiger partial charge in [0.05, 0.1) is 6.61 Å². The number of carbonyl (C=O) groups excluding carboxylic acids is 1. The van der Waals surface area contributed by atoms with Gasteiger partial charge in [-0.25, -0.2) is 4.79 Å². The number of hydrogen-bond donors (Lipinski definition) is 2. The van der Waals surface area contributed by atoms with Gasteiger partial charge in [-0.05, 0) is 6.92 Å². The number of esters is 1. The molecule has 1 aromatic heterocycles. The number of carbonyl (C=O) groups is 1. The number of aromatic nitrogens is 2. The third-order valence-electron chi connectivity index (χ3n) is 3.13. The topological polar surface area (TPSA) is 111 Å². The van der Waals surface area contributed by atoms with Crippen molar-refractivity contribution in [3.63, 3.8) is 0 Å². The van der Waals surface area contributed by atoms with E-state index in [1.807, 2.05) is 0 Å². The highest BCUT2D eigenvalue weighted by molar-refractivity contribution is 5.66. The van der Waals surface area contributed by atoms with Crippen molar-refractivity contribution in [1.29, 1.82) is 0 Å². The fraction of sp³-hybridized carbons (Fsp3) is 0.583. The lowest BCUT2D eigenvalue weighted by atomic mass is 10.2. The van der Waals surface area contributed by atoms with Crippen LogP contribution in [0.2, 0.25) is 0 Å². The van der Waals surface area contributed by atoms with Gasteiger partial charge in [0, 0.05) is 25.1 Å². The van der Waals surface area contributed by atoms with Gasteiger partial charge in [-0.15, -0.1) is 0 Å². The second-order valence-electron chi connectivity index (χ2n) is 4.67. The Morgan fingerprint density at radius 2 is 2.30 bits per heavy atom. The van der Waals surface area contributed by atoms with Gasteiger partial charge in [0.25, 0.3) is 5.56 Å². The lowest BCUT2D eigenvalue weighted by Gasteiger charge is -2.15. The molecule has 1 aliphatic heterocycles. The molecule has 110 valence electrons. The average Bonchev–Trinajstić information content (AvgIpc) is 2.75. The van der Waals surface area contributed by atoms with Crippen molar-refractivity contribution in [3.8, 4) is 0 Å². The van der Waals surface area contributed by atoms with Crippen LogP contribution in [0.5, 0.6) is 0 Å². The summed E-state index contributed by atoms with van der Waals surface area (Å²) in [6, 6.07) is 0. The van der Waals surface area contributed by atoms with Gasteiger partial charge in [0.2, 0.25) is 0 Å². The first-order chi connectivity index (χ1) is 9.42. The Kier molecular flexibility index (Phi) is 4.05. The standard InChI is InChI=1S/C12H16N2O6/c1-6-4-14(12(18)13-11(6)17)10-3-8(19-7(2)16)9(5-15)20-10/h4,8-10,15H,3,5H2,1-2H3,(H,13,17,18)/t8-,9-,10+/m1/s1. The molecule has 0 aliphatic carbocycles. The predicted molar refractivity (Wildman–Crippen MR) is 67.2 cm³/mol. The molecule has 1 fully saturated rings. The zero-order chi connectivity index (χ0) is 14.9. The SMILES string of the molecule is CC(=O)O[C@@H]1C[C@@H](n2cc(C)c(=O)[nH]c2=O)O[C@@H]1CO. The summed E-state index contributed by atoms with van der Waals surface area (Å²) in [4.78, 5) is 36.2. The van der Waals surface area contributed by atoms with Crippen LogP contribution < -0.4 is 11.2 Å². The average molecular weight is 284 g/mol. The number of H-pyrrole nitrogens is 1. The second kappa shape index (κ2) is 5.59. The zero-order valence-corrected chi connectivity index (χ0v) is 11.2. The number of aliphatic hydroxyl groups is 1. The molecule has 2 rings (SSSR count). The van der Waals surface area contributed by atoms with E-state index >= 15 is 0 Å². The van der Waals surface area contributed by atoms with Gasteiger partial charge in [-0.2, -0.15) is 0 Å². The number of aliphatic hydroxyl groups excluding tert-OH is 1. The van der Waals surface area contributed by atoms with Crippen LogP contribution in [0, 0.1) is 6.92 Å². The molecule has 1 saturated heterocycles. The lowest BCUT2D eigenvalue weighted by Crippen LogP contribution is -2.33. The summed E-state index contributed by atoms with van der Waals surface area (Å²) in [7, 11) is 0. The fourth-order valence-electron chi connectivity index (χ4n) is 2.17. The van der Waals surface area contributed by atoms with Crippen LogP contribution in [0.1, 0.15) is 25.1 Å². The molecular formula is C12H16N2O6. The van der Waals surface area contributed by atoms with Crippen molar-refractivity contribution in [2.24, 2.45) is 0 Å². The van der Waals surface area contributed by atoms with Gasteiger partial charge in [-0.3, -0.25) is 19.1 Å². The van der Waals surface area contributed by atoms with E-state index in [4.69, 9.17) is 9.47 Å². The maximum Gasteiger partial charge on any atom is 0.330 e. The number of rotatable bonds is 3. The normalized spacial score (nSPS) is 25.6. The Labute approximate surface area is 114 Å². The summed E-state index contributed by atoms with van der Waals surface area (Å²) in [6.07, 6.45) is -0.392. The van der Waals surface area contributed by atoms with Crippen molar-refractivity contribution in [2.75, 3.05) is 6.61 Å². The van der Waals surface area contributed by atoms with E-state index in [1.54, 1.807) is 6.92 Å². The molecule has 8 heteroatoms. The lowest BCUT2D eigenvalue weighted by molar-refractivity contribution is -0.150. The quantitative estimate of drug-likeness (QED) is 0.693. The van der Waals surface area contributed by atoms with Crippen LogP contribution in [-0.2, 0) is 14.3 Å². The predicted octanol–water partition coefficient (Wildman–Crippen LogP) is -0.943. The highest BCUT2D eigenvalue weighted by atomic mass is 16.6. The molecule has 0 unspecified atom stereocenters. The molecule has 0 amide bonds. The van der Waals surface area contributed by atoms with E-state index in [-0.39, 0.29) is 13.0 Å². The van der Waals surface area contributed by atoms with E-state index < -0.39 is 35.7 Å². The van der Waals surface area contributed by atoms with Gasteiger partial charge in [0.15, 0.2) is 0 Å². The number of aryl methyl sites for hydroxylation is 1. The first kappa shape index (κ1) is 14.5. The molecule has 1 aromatic rings. The Morgan fingerprint density at radius 3 is 2.90 bits per heavy atom. The van der Waals surface area contributed by atoms with Crippen LogP contribution in [-0.4, -0.2) is 39.4 Å². The van der Waals surface area contributed by atoms with Crippen molar-refractivity contribution in [1.82, 2.24) is 9.55 Å². The second-order valence-corrected chi connectivity index (χ2v) is 4.67. The van der Waals surface area contributed by atoms with Gasteiger partial charge >= 0.3 is 11.7 Å². The number of nitrogens with one attached hydrogen (secondary N) is 1. The van der Waals surface area contributed by atoms with Crippen LogP contribution >= 0.6 is 0 Å². The smallest absolute Gasteiger partial charge is 0.330 e. The Balaban J connectivity index is 2.27. The fourth-order valence-corrected chi connectivity index (χ4v) is 2.17. The molecule has 3 atom stereocenters. The van der Waals surface area contributed by atoms with Gasteiger partial charge in [-0.1, -0.05) is 0 Å². The molecule has 2 heterocycles. The minimum Gasteiger partial charge on any atom is -0.460 e. The number of nitrogens with zero attached hydrogens (tertiary/aromatic N) is 1. The maximum absolute atomic E-state index is 11.8. The molecular weight excluding hydrogens is 268 g/mol. The molecule has 0 spiro atoms. The highest BCUT2D eigenvalue weighted by Crippen LogP contribution is 2.29. The minimum absolute atomic E-state index is 0.232. The third-order valence-corrected chi connectivity index (χ3v) is 3.13. The van der Waals surface area contributed by atoms with E-state index in [0.717, 1.165) is 0 Å². The van der Waals surface area contributed by atoms with Crippen LogP contribution in [0.4, 0.5) is 0 Å². The summed E-state index contributed by atoms with van der Waals surface area (Å²) in [6.45, 7) is 2.50. The number of ether oxygens (including phenoxy) is 2. The maximum atomic E-state index is 11.8. The Hall–Kier alpha value is -1.93. The molecule has 20 heavy (non-hydrogen) atoms. The first-order valence-corrected chi connectivity index (χ1v) is 6.18. The molecule has 1 aliphatic rings. The summed E-state index contributed by atoms with van der Waals surface area (Å²) >= 11 is 0. The van der Waals surface area contributed by atoms with Crippen LogP contribution in [0.15, 0.2) is 15.8 Å². The van der Waals surface area contributed by atoms with Crippen LogP contribution in [0.25, 0.3) is 0 Å². The zero-order valence-electron chi connectivity index (χ0n) is 11.2. The van der Waals surface area contributed by atoms with Crippen molar-refractivity contribution >= 4 is 5.97 Å². The van der Waals surface area contributed by atoms with Crippen molar-refractivity contribution in [3.05, 3.63) is 32.6 Å².